The van der Waals surface area contributed by atoms with Crippen molar-refractivity contribution in [2.45, 2.75) is 26.8 Å². The molecule has 0 saturated heterocycles. The first kappa shape index (κ1) is 14.1. The van der Waals surface area contributed by atoms with E-state index in [4.69, 9.17) is 4.74 Å². The highest BCUT2D eigenvalue weighted by molar-refractivity contribution is 7.10. The third-order valence-corrected chi connectivity index (χ3v) is 4.13. The second kappa shape index (κ2) is 7.31. The Kier molecular flexibility index (Phi) is 5.43. The highest BCUT2D eigenvalue weighted by atomic mass is 32.1. The molecule has 2 nitrogen and oxygen atoms in total. The number of aryl methyl sites for hydroxylation is 2. The highest BCUT2D eigenvalue weighted by Gasteiger charge is 1.99. The minimum absolute atomic E-state index is 0.706. The molecule has 0 fully saturated rings. The number of thiophene rings is 1. The van der Waals surface area contributed by atoms with Crippen LogP contribution in [0, 0.1) is 6.92 Å². The molecule has 1 heterocycles. The number of hydrogen-bond donors (Lipinski definition) is 1. The molecule has 0 atom stereocenters. The van der Waals surface area contributed by atoms with E-state index >= 15 is 0 Å². The summed E-state index contributed by atoms with van der Waals surface area (Å²) in [5.74, 6) is 0.966. The van der Waals surface area contributed by atoms with E-state index in [2.05, 4.69) is 48.8 Å². The van der Waals surface area contributed by atoms with Crippen molar-refractivity contribution in [2.24, 2.45) is 0 Å². The lowest BCUT2D eigenvalue weighted by Gasteiger charge is -2.08. The second-order valence-electron chi connectivity index (χ2n) is 4.55. The molecule has 102 valence electrons. The second-order valence-corrected chi connectivity index (χ2v) is 5.55. The summed E-state index contributed by atoms with van der Waals surface area (Å²) >= 11 is 1.81. The van der Waals surface area contributed by atoms with Gasteiger partial charge < -0.3 is 10.1 Å². The Morgan fingerprint density at radius 3 is 2.89 bits per heavy atom. The van der Waals surface area contributed by atoms with Crippen molar-refractivity contribution in [2.75, 3.05) is 13.2 Å². The van der Waals surface area contributed by atoms with Gasteiger partial charge in [0.15, 0.2) is 0 Å². The van der Waals surface area contributed by atoms with Crippen LogP contribution in [0.25, 0.3) is 0 Å². The molecular weight excluding hydrogens is 254 g/mol. The highest BCUT2D eigenvalue weighted by Crippen LogP contribution is 2.15. The van der Waals surface area contributed by atoms with Crippen molar-refractivity contribution >= 4 is 11.3 Å². The molecule has 0 aliphatic heterocycles. The van der Waals surface area contributed by atoms with E-state index < -0.39 is 0 Å². The molecule has 0 amide bonds. The predicted octanol–water partition coefficient (Wildman–Crippen LogP) is 3.79. The van der Waals surface area contributed by atoms with E-state index in [0.29, 0.717) is 6.61 Å². The van der Waals surface area contributed by atoms with Crippen LogP contribution in [-0.2, 0) is 13.0 Å². The van der Waals surface area contributed by atoms with Gasteiger partial charge in [0.25, 0.3) is 0 Å². The summed E-state index contributed by atoms with van der Waals surface area (Å²) in [6, 6.07) is 10.5. The summed E-state index contributed by atoms with van der Waals surface area (Å²) in [5.41, 5.74) is 2.69. The summed E-state index contributed by atoms with van der Waals surface area (Å²) < 4.78 is 5.74. The zero-order chi connectivity index (χ0) is 13.5. The SMILES string of the molecule is CCc1cccc(OCCNCc2sccc2C)c1. The lowest BCUT2D eigenvalue weighted by Crippen LogP contribution is -2.20. The molecule has 2 rings (SSSR count). The molecule has 2 aromatic rings. The fourth-order valence-electron chi connectivity index (χ4n) is 1.88. The fraction of sp³-hybridized carbons (Fsp3) is 0.375. The van der Waals surface area contributed by atoms with Crippen molar-refractivity contribution in [3.8, 4) is 5.75 Å². The van der Waals surface area contributed by atoms with Gasteiger partial charge in [-0.15, -0.1) is 11.3 Å². The molecule has 0 bridgehead atoms. The lowest BCUT2D eigenvalue weighted by atomic mass is 10.2. The van der Waals surface area contributed by atoms with Crippen LogP contribution in [0.2, 0.25) is 0 Å². The topological polar surface area (TPSA) is 21.3 Å². The van der Waals surface area contributed by atoms with Crippen molar-refractivity contribution in [3.05, 3.63) is 51.7 Å². The summed E-state index contributed by atoms with van der Waals surface area (Å²) in [7, 11) is 0. The Hall–Kier alpha value is -1.32. The van der Waals surface area contributed by atoms with Crippen LogP contribution < -0.4 is 10.1 Å². The third kappa shape index (κ3) is 4.37. The van der Waals surface area contributed by atoms with Crippen LogP contribution in [0.15, 0.2) is 35.7 Å². The van der Waals surface area contributed by atoms with E-state index in [0.717, 1.165) is 25.3 Å². The predicted molar refractivity (Wildman–Crippen MR) is 82.1 cm³/mol. The van der Waals surface area contributed by atoms with Gasteiger partial charge in [-0.2, -0.15) is 0 Å². The molecule has 1 N–H and O–H groups in total. The molecule has 1 aromatic heterocycles. The van der Waals surface area contributed by atoms with Crippen LogP contribution in [0.5, 0.6) is 5.75 Å². The van der Waals surface area contributed by atoms with Crippen LogP contribution in [0.3, 0.4) is 0 Å². The summed E-state index contributed by atoms with van der Waals surface area (Å²) in [6.45, 7) is 6.82. The first-order valence-corrected chi connectivity index (χ1v) is 7.63. The Morgan fingerprint density at radius 2 is 2.16 bits per heavy atom. The normalized spacial score (nSPS) is 10.6. The minimum atomic E-state index is 0.706. The first-order valence-electron chi connectivity index (χ1n) is 6.75. The number of rotatable bonds is 7. The standard InChI is InChI=1S/C16H21NOS/c1-3-14-5-4-6-15(11-14)18-9-8-17-12-16-13(2)7-10-19-16/h4-7,10-11,17H,3,8-9,12H2,1-2H3. The summed E-state index contributed by atoms with van der Waals surface area (Å²) in [6.07, 6.45) is 1.05. The van der Waals surface area contributed by atoms with Gasteiger partial charge in [0.1, 0.15) is 12.4 Å². The van der Waals surface area contributed by atoms with Crippen LogP contribution in [-0.4, -0.2) is 13.2 Å². The first-order chi connectivity index (χ1) is 9.29. The van der Waals surface area contributed by atoms with Crippen molar-refractivity contribution in [1.29, 1.82) is 0 Å². The van der Waals surface area contributed by atoms with Gasteiger partial charge in [0.2, 0.25) is 0 Å². The van der Waals surface area contributed by atoms with E-state index in [9.17, 15) is 0 Å². The zero-order valence-corrected chi connectivity index (χ0v) is 12.4. The Bertz CT molecular complexity index is 507. The maximum Gasteiger partial charge on any atom is 0.119 e. The maximum absolute atomic E-state index is 5.74. The van der Waals surface area contributed by atoms with Crippen molar-refractivity contribution < 1.29 is 4.74 Å². The van der Waals surface area contributed by atoms with Crippen molar-refractivity contribution in [3.63, 3.8) is 0 Å². The Morgan fingerprint density at radius 1 is 1.26 bits per heavy atom. The third-order valence-electron chi connectivity index (χ3n) is 3.11. The monoisotopic (exact) mass is 275 g/mol. The number of benzene rings is 1. The van der Waals surface area contributed by atoms with Crippen molar-refractivity contribution in [1.82, 2.24) is 5.32 Å². The molecule has 19 heavy (non-hydrogen) atoms. The van der Waals surface area contributed by atoms with Crippen LogP contribution in [0.4, 0.5) is 0 Å². The van der Waals surface area contributed by atoms with Gasteiger partial charge in [-0.1, -0.05) is 19.1 Å². The molecule has 0 radical (unpaired) electrons. The quantitative estimate of drug-likeness (QED) is 0.776. The van der Waals surface area contributed by atoms with Gasteiger partial charge in [-0.05, 0) is 48.1 Å². The van der Waals surface area contributed by atoms with Crippen LogP contribution in [0.1, 0.15) is 22.9 Å². The average molecular weight is 275 g/mol. The van der Waals surface area contributed by atoms with Gasteiger partial charge in [-0.3, -0.25) is 0 Å². The smallest absolute Gasteiger partial charge is 0.119 e. The van der Waals surface area contributed by atoms with Gasteiger partial charge in [0, 0.05) is 18.0 Å². The van der Waals surface area contributed by atoms with E-state index in [-0.39, 0.29) is 0 Å². The molecule has 3 heteroatoms. The fourth-order valence-corrected chi connectivity index (χ4v) is 2.76. The van der Waals surface area contributed by atoms with Gasteiger partial charge in [0.05, 0.1) is 0 Å². The van der Waals surface area contributed by atoms with Gasteiger partial charge >= 0.3 is 0 Å². The molecule has 0 spiro atoms. The zero-order valence-electron chi connectivity index (χ0n) is 11.6. The molecular formula is C16H21NOS. The molecule has 0 aliphatic rings. The number of hydrogen-bond acceptors (Lipinski definition) is 3. The average Bonchev–Trinajstić information content (AvgIpc) is 2.84. The summed E-state index contributed by atoms with van der Waals surface area (Å²) in [4.78, 5) is 1.41. The minimum Gasteiger partial charge on any atom is -0.492 e. The Balaban J connectivity index is 1.68. The van der Waals surface area contributed by atoms with E-state index in [1.165, 1.54) is 16.0 Å². The molecule has 0 aliphatic carbocycles. The summed E-state index contributed by atoms with van der Waals surface area (Å²) in [5, 5.41) is 5.55. The number of nitrogens with one attached hydrogen (secondary N) is 1. The van der Waals surface area contributed by atoms with E-state index in [1.54, 1.807) is 11.3 Å². The Labute approximate surface area is 119 Å². The maximum atomic E-state index is 5.74. The molecule has 0 saturated carbocycles. The van der Waals surface area contributed by atoms with E-state index in [1.807, 2.05) is 6.07 Å². The van der Waals surface area contributed by atoms with Gasteiger partial charge in [-0.25, -0.2) is 0 Å². The number of ether oxygens (including phenoxy) is 1. The van der Waals surface area contributed by atoms with Crippen LogP contribution >= 0.6 is 11.3 Å². The molecule has 1 aromatic carbocycles. The molecule has 0 unspecified atom stereocenters. The largest absolute Gasteiger partial charge is 0.492 e. The lowest BCUT2D eigenvalue weighted by molar-refractivity contribution is 0.313.